The molecule has 7 atom stereocenters. The third-order valence-corrected chi connectivity index (χ3v) is 12.2. The SMILES string of the molecule is CC[C@H](NC(=O)[C@@H]1C[C@@](C)(NC(=O)Nc2ccc(OC(F)(F)F)cc2)c2ncc(NCc3cccc(C(F)(F)F)c3)c(=O)n21)B1O[C@@H]2C[C@@H]3C[C@@H](C3(C)C)[C@]2(C)O1. The number of alkyl halides is 6. The van der Waals surface area contributed by atoms with Gasteiger partial charge in [0, 0.05) is 18.7 Å². The van der Waals surface area contributed by atoms with Crippen molar-refractivity contribution in [3.05, 3.63) is 82.0 Å². The topological polar surface area (TPSA) is 145 Å². The van der Waals surface area contributed by atoms with Gasteiger partial charge in [0.25, 0.3) is 5.56 Å². The zero-order valence-electron chi connectivity index (χ0n) is 31.8. The molecule has 12 nitrogen and oxygen atoms in total. The second-order valence-corrected chi connectivity index (χ2v) is 16.3. The van der Waals surface area contributed by atoms with E-state index in [1.165, 1.54) is 30.5 Å². The Hall–Kier alpha value is -4.78. The number of nitrogens with one attached hydrogen (secondary N) is 4. The van der Waals surface area contributed by atoms with E-state index in [0.717, 1.165) is 41.7 Å². The van der Waals surface area contributed by atoms with Gasteiger partial charge in [0.2, 0.25) is 5.91 Å². The first kappa shape index (κ1) is 40.4. The summed E-state index contributed by atoms with van der Waals surface area (Å²) in [6, 6.07) is 7.01. The molecule has 3 aromatic rings. The summed E-state index contributed by atoms with van der Waals surface area (Å²) in [7, 11) is -0.761. The van der Waals surface area contributed by atoms with Crippen molar-refractivity contribution in [2.24, 2.45) is 17.3 Å². The van der Waals surface area contributed by atoms with Crippen molar-refractivity contribution >= 4 is 30.4 Å². The predicted octanol–water partition coefficient (Wildman–Crippen LogP) is 6.92. The molecule has 8 rings (SSSR count). The van der Waals surface area contributed by atoms with E-state index in [-0.39, 0.29) is 53.2 Å². The number of carbonyl (C=O) groups excluding carboxylic acids is 2. The highest BCUT2D eigenvalue weighted by molar-refractivity contribution is 6.47. The Morgan fingerprint density at radius 2 is 1.77 bits per heavy atom. The number of hydrogen-bond donors (Lipinski definition) is 4. The highest BCUT2D eigenvalue weighted by atomic mass is 19.4. The van der Waals surface area contributed by atoms with Crippen molar-refractivity contribution in [1.29, 1.82) is 0 Å². The number of hydrogen-bond acceptors (Lipinski definition) is 8. The molecule has 4 fully saturated rings. The van der Waals surface area contributed by atoms with Gasteiger partial charge in [0.1, 0.15) is 23.3 Å². The van der Waals surface area contributed by atoms with Crippen molar-refractivity contribution in [3.63, 3.8) is 0 Å². The number of benzene rings is 2. The number of aromatic nitrogens is 2. The van der Waals surface area contributed by atoms with Crippen LogP contribution in [-0.2, 0) is 32.4 Å². The maximum absolute atomic E-state index is 14.3. The molecular weight excluding hydrogens is 761 g/mol. The Labute approximate surface area is 324 Å². The first-order valence-electron chi connectivity index (χ1n) is 18.7. The van der Waals surface area contributed by atoms with E-state index in [1.54, 1.807) is 6.92 Å². The molecule has 0 radical (unpaired) electrons. The summed E-state index contributed by atoms with van der Waals surface area (Å²) < 4.78 is 96.1. The van der Waals surface area contributed by atoms with Crippen LogP contribution in [0.4, 0.5) is 42.5 Å². The van der Waals surface area contributed by atoms with Gasteiger partial charge in [-0.2, -0.15) is 13.2 Å². The van der Waals surface area contributed by atoms with Crippen LogP contribution in [0.5, 0.6) is 5.75 Å². The van der Waals surface area contributed by atoms with E-state index >= 15 is 0 Å². The lowest BCUT2D eigenvalue weighted by atomic mass is 9.43. The quantitative estimate of drug-likeness (QED) is 0.128. The van der Waals surface area contributed by atoms with Crippen molar-refractivity contribution in [2.45, 2.75) is 109 Å². The number of urea groups is 1. The van der Waals surface area contributed by atoms with Gasteiger partial charge < -0.3 is 35.3 Å². The number of nitrogens with zero attached hydrogens (tertiary/aromatic N) is 2. The van der Waals surface area contributed by atoms with E-state index in [1.807, 2.05) is 6.92 Å². The van der Waals surface area contributed by atoms with Gasteiger partial charge in [-0.1, -0.05) is 32.9 Å². The Balaban J connectivity index is 1.13. The number of amides is 3. The molecule has 57 heavy (non-hydrogen) atoms. The summed E-state index contributed by atoms with van der Waals surface area (Å²) in [5, 5.41) is 11.2. The van der Waals surface area contributed by atoms with Crippen LogP contribution in [0.2, 0.25) is 0 Å². The Kier molecular flexibility index (Phi) is 10.1. The zero-order valence-corrected chi connectivity index (χ0v) is 31.8. The average Bonchev–Trinajstić information content (AvgIpc) is 3.64. The molecule has 1 aromatic heterocycles. The summed E-state index contributed by atoms with van der Waals surface area (Å²) in [6.07, 6.45) is -6.28. The molecule has 2 bridgehead atoms. The molecule has 306 valence electrons. The molecule has 3 heterocycles. The van der Waals surface area contributed by atoms with Gasteiger partial charge in [-0.05, 0) is 92.3 Å². The first-order valence-corrected chi connectivity index (χ1v) is 18.7. The number of carbonyl (C=O) groups is 2. The summed E-state index contributed by atoms with van der Waals surface area (Å²) in [6.45, 7) is 9.80. The lowest BCUT2D eigenvalue weighted by molar-refractivity contribution is -0.274. The molecule has 2 aromatic carbocycles. The molecule has 3 saturated carbocycles. The van der Waals surface area contributed by atoms with Gasteiger partial charge in [0.15, 0.2) is 0 Å². The predicted molar refractivity (Wildman–Crippen MR) is 196 cm³/mol. The number of fused-ring (bicyclic) bond motifs is 1. The highest BCUT2D eigenvalue weighted by Crippen LogP contribution is 2.65. The minimum Gasteiger partial charge on any atom is -0.406 e. The maximum Gasteiger partial charge on any atom is 0.573 e. The minimum absolute atomic E-state index is 0.0169. The van der Waals surface area contributed by atoms with Crippen LogP contribution in [0.15, 0.2) is 59.5 Å². The van der Waals surface area contributed by atoms with Crippen LogP contribution >= 0.6 is 0 Å². The fourth-order valence-corrected chi connectivity index (χ4v) is 9.09. The fourth-order valence-electron chi connectivity index (χ4n) is 9.09. The molecule has 0 unspecified atom stereocenters. The van der Waals surface area contributed by atoms with Crippen LogP contribution in [-0.4, -0.2) is 52.6 Å². The van der Waals surface area contributed by atoms with Crippen molar-refractivity contribution in [1.82, 2.24) is 20.2 Å². The average molecular weight is 805 g/mol. The number of halogens is 6. The molecule has 3 amide bonds. The normalized spacial score (nSPS) is 27.7. The van der Waals surface area contributed by atoms with E-state index in [0.29, 0.717) is 12.3 Å². The Morgan fingerprint density at radius 1 is 1.05 bits per heavy atom. The summed E-state index contributed by atoms with van der Waals surface area (Å²) in [4.78, 5) is 46.3. The Morgan fingerprint density at radius 3 is 2.42 bits per heavy atom. The molecular formula is C38H43BF6N6O6. The molecule has 0 spiro atoms. The molecule has 3 aliphatic carbocycles. The standard InChI is InChI=1S/C38H43BF6N6O6/c1-6-29(39-56-28-16-22-15-27(34(22,2)3)36(28,5)57-39)49-30(52)26-17-35(4,50-33(54)48-23-10-12-24(13-11-23)55-38(43,44)45)32-47-19-25(31(53)51(26)32)46-18-20-8-7-9-21(14-20)37(40,41)42/h7-14,19,22,26-29,46H,6,15-18H2,1-5H3,(H,49,52)(H2,48,50,54)/t22-,26-,27-,28+,29-,35+,36-/m0/s1. The lowest BCUT2D eigenvalue weighted by Crippen LogP contribution is -2.65. The van der Waals surface area contributed by atoms with E-state index < -0.39 is 71.6 Å². The summed E-state index contributed by atoms with van der Waals surface area (Å²) in [5.41, 5.74) is -3.19. The summed E-state index contributed by atoms with van der Waals surface area (Å²) in [5.74, 6) is -0.875. The molecule has 5 aliphatic rings. The smallest absolute Gasteiger partial charge is 0.406 e. The van der Waals surface area contributed by atoms with Crippen LogP contribution in [0.25, 0.3) is 0 Å². The number of ether oxygens (including phenoxy) is 1. The van der Waals surface area contributed by atoms with Gasteiger partial charge in [-0.3, -0.25) is 14.2 Å². The highest BCUT2D eigenvalue weighted by Gasteiger charge is 2.68. The maximum atomic E-state index is 14.3. The fraction of sp³-hybridized carbons (Fsp3) is 0.526. The molecule has 2 aliphatic heterocycles. The lowest BCUT2D eigenvalue weighted by Gasteiger charge is -2.64. The third kappa shape index (κ3) is 7.67. The molecule has 19 heteroatoms. The molecule has 1 saturated heterocycles. The van der Waals surface area contributed by atoms with Crippen LogP contribution in [0.3, 0.4) is 0 Å². The van der Waals surface area contributed by atoms with Crippen molar-refractivity contribution < 1.29 is 50.0 Å². The first-order chi connectivity index (χ1) is 26.6. The van der Waals surface area contributed by atoms with Gasteiger partial charge in [-0.25, -0.2) is 9.78 Å². The van der Waals surface area contributed by atoms with Gasteiger partial charge in [-0.15, -0.1) is 13.2 Å². The number of anilines is 2. The second-order valence-electron chi connectivity index (χ2n) is 16.3. The second kappa shape index (κ2) is 14.3. The monoisotopic (exact) mass is 804 g/mol. The number of rotatable bonds is 10. The summed E-state index contributed by atoms with van der Waals surface area (Å²) >= 11 is 0. The molecule has 4 N–H and O–H groups in total. The van der Waals surface area contributed by atoms with Crippen molar-refractivity contribution in [3.8, 4) is 5.75 Å². The third-order valence-electron chi connectivity index (χ3n) is 12.2. The van der Waals surface area contributed by atoms with E-state index in [2.05, 4.69) is 51.8 Å². The van der Waals surface area contributed by atoms with E-state index in [4.69, 9.17) is 9.31 Å². The van der Waals surface area contributed by atoms with Gasteiger partial charge in [0.05, 0.1) is 34.9 Å². The van der Waals surface area contributed by atoms with Crippen LogP contribution in [0.1, 0.15) is 83.3 Å². The van der Waals surface area contributed by atoms with Gasteiger partial charge >= 0.3 is 25.7 Å². The van der Waals surface area contributed by atoms with E-state index in [9.17, 15) is 40.7 Å². The van der Waals surface area contributed by atoms with Crippen LogP contribution in [0, 0.1) is 17.3 Å². The minimum atomic E-state index is -4.90. The van der Waals surface area contributed by atoms with Crippen LogP contribution < -0.4 is 31.6 Å². The van der Waals surface area contributed by atoms with Crippen molar-refractivity contribution in [2.75, 3.05) is 10.6 Å². The Bertz CT molecular complexity index is 2100. The largest absolute Gasteiger partial charge is 0.573 e. The zero-order chi connectivity index (χ0) is 41.3.